The number of aldehydes is 1. The molecule has 0 atom stereocenters. The Kier molecular flexibility index (Phi) is 6.19. The summed E-state index contributed by atoms with van der Waals surface area (Å²) in [5, 5.41) is 0. The van der Waals surface area contributed by atoms with E-state index in [1.54, 1.807) is 47.6 Å². The van der Waals surface area contributed by atoms with Crippen molar-refractivity contribution in [1.29, 1.82) is 0 Å². The molecule has 0 saturated carbocycles. The van der Waals surface area contributed by atoms with Gasteiger partial charge in [-0.15, -0.1) is 11.3 Å². The van der Waals surface area contributed by atoms with Crippen LogP contribution in [0.15, 0.2) is 6.07 Å². The predicted molar refractivity (Wildman–Crippen MR) is 97.4 cm³/mol. The first-order valence-corrected chi connectivity index (χ1v) is 8.74. The molecule has 0 bridgehead atoms. The van der Waals surface area contributed by atoms with E-state index in [4.69, 9.17) is 9.47 Å². The van der Waals surface area contributed by atoms with Crippen molar-refractivity contribution in [2.45, 2.75) is 52.7 Å². The minimum atomic E-state index is -0.885. The molecule has 0 fully saturated rings. The number of amides is 2. The number of imide groups is 1. The van der Waals surface area contributed by atoms with Crippen LogP contribution in [-0.2, 0) is 9.47 Å². The molecule has 1 heterocycles. The van der Waals surface area contributed by atoms with E-state index in [0.717, 1.165) is 7.78 Å². The molecule has 0 aliphatic carbocycles. The van der Waals surface area contributed by atoms with Gasteiger partial charge in [-0.3, -0.25) is 4.79 Å². The number of carbonyl (C=O) groups excluding carboxylic acids is 3. The Morgan fingerprint density at radius 3 is 1.87 bits per heavy atom. The second kappa shape index (κ2) is 7.16. The Bertz CT molecular complexity index is 584. The second-order valence-electron chi connectivity index (χ2n) is 6.71. The fourth-order valence-electron chi connectivity index (χ4n) is 1.51. The van der Waals surface area contributed by atoms with Gasteiger partial charge in [0.1, 0.15) is 11.2 Å². The van der Waals surface area contributed by atoms with E-state index in [1.165, 1.54) is 11.3 Å². The van der Waals surface area contributed by atoms with E-state index in [9.17, 15) is 14.4 Å². The van der Waals surface area contributed by atoms with E-state index in [1.807, 2.05) is 22.6 Å². The normalized spacial score (nSPS) is 11.8. The maximum Gasteiger partial charge on any atom is 0.424 e. The third-order valence-electron chi connectivity index (χ3n) is 2.21. The number of ether oxygens (including phenoxy) is 2. The second-order valence-corrected chi connectivity index (χ2v) is 9.69. The summed E-state index contributed by atoms with van der Waals surface area (Å²) in [4.78, 5) is 37.2. The number of anilines is 1. The van der Waals surface area contributed by atoms with Crippen LogP contribution in [0.4, 0.5) is 15.3 Å². The molecular weight excluding hydrogens is 433 g/mol. The molecule has 1 aromatic heterocycles. The summed E-state index contributed by atoms with van der Waals surface area (Å²) in [5.74, 6) is 0. The number of nitrogens with zero attached hydrogens (tertiary/aromatic N) is 1. The highest BCUT2D eigenvalue weighted by Gasteiger charge is 2.34. The highest BCUT2D eigenvalue weighted by atomic mass is 127. The van der Waals surface area contributed by atoms with Gasteiger partial charge in [0.25, 0.3) is 0 Å². The number of hydrogen-bond acceptors (Lipinski definition) is 6. The Balaban J connectivity index is 3.28. The van der Waals surface area contributed by atoms with Gasteiger partial charge in [0, 0.05) is 0 Å². The van der Waals surface area contributed by atoms with Crippen LogP contribution in [0.3, 0.4) is 0 Å². The van der Waals surface area contributed by atoms with E-state index in [-0.39, 0.29) is 10.6 Å². The molecule has 8 heteroatoms. The van der Waals surface area contributed by atoms with Crippen molar-refractivity contribution >= 4 is 58.1 Å². The molecule has 0 saturated heterocycles. The zero-order chi connectivity index (χ0) is 18.0. The van der Waals surface area contributed by atoms with Crippen molar-refractivity contribution in [1.82, 2.24) is 0 Å². The fourth-order valence-corrected chi connectivity index (χ4v) is 3.20. The third kappa shape index (κ3) is 6.09. The lowest BCUT2D eigenvalue weighted by Gasteiger charge is -2.28. The van der Waals surface area contributed by atoms with Crippen LogP contribution in [0.5, 0.6) is 0 Å². The smallest absolute Gasteiger partial charge is 0.424 e. The zero-order valence-corrected chi connectivity index (χ0v) is 16.9. The molecule has 6 nitrogen and oxygen atoms in total. The van der Waals surface area contributed by atoms with Gasteiger partial charge in [0.15, 0.2) is 6.29 Å². The Hall–Kier alpha value is -1.16. The summed E-state index contributed by atoms with van der Waals surface area (Å²) < 4.78 is 11.3. The number of rotatable bonds is 2. The van der Waals surface area contributed by atoms with Gasteiger partial charge in [0.2, 0.25) is 0 Å². The van der Waals surface area contributed by atoms with E-state index in [2.05, 4.69) is 0 Å². The summed E-state index contributed by atoms with van der Waals surface area (Å²) in [7, 11) is 0. The quantitative estimate of drug-likeness (QED) is 0.473. The van der Waals surface area contributed by atoms with Gasteiger partial charge >= 0.3 is 12.2 Å². The minimum absolute atomic E-state index is 0.165. The molecular formula is C15H20INO5S. The molecule has 23 heavy (non-hydrogen) atoms. The summed E-state index contributed by atoms with van der Waals surface area (Å²) in [5.41, 5.74) is -1.41. The van der Waals surface area contributed by atoms with Crippen molar-refractivity contribution in [2.75, 3.05) is 4.90 Å². The summed E-state index contributed by atoms with van der Waals surface area (Å²) >= 11 is 3.19. The van der Waals surface area contributed by atoms with Gasteiger partial charge < -0.3 is 9.47 Å². The molecule has 0 unspecified atom stereocenters. The van der Waals surface area contributed by atoms with Crippen LogP contribution in [0.2, 0.25) is 0 Å². The first kappa shape index (κ1) is 19.9. The van der Waals surface area contributed by atoms with Crippen LogP contribution in [-0.4, -0.2) is 29.7 Å². The van der Waals surface area contributed by atoms with E-state index in [0.29, 0.717) is 6.29 Å². The Labute approximate surface area is 153 Å². The van der Waals surface area contributed by atoms with E-state index < -0.39 is 23.4 Å². The molecule has 1 aromatic rings. The number of halogens is 1. The van der Waals surface area contributed by atoms with E-state index >= 15 is 0 Å². The van der Waals surface area contributed by atoms with Crippen molar-refractivity contribution < 1.29 is 23.9 Å². The molecule has 128 valence electrons. The Morgan fingerprint density at radius 1 is 1.09 bits per heavy atom. The molecule has 0 aliphatic rings. The molecule has 1 rings (SSSR count). The zero-order valence-electron chi connectivity index (χ0n) is 13.9. The number of thiophene rings is 1. The summed E-state index contributed by atoms with van der Waals surface area (Å²) in [6.07, 6.45) is -1.17. The van der Waals surface area contributed by atoms with Gasteiger partial charge in [0.05, 0.1) is 13.4 Å². The molecule has 0 aliphatic heterocycles. The molecule has 0 aromatic carbocycles. The van der Waals surface area contributed by atoms with Crippen molar-refractivity contribution in [2.24, 2.45) is 0 Å². The van der Waals surface area contributed by atoms with Crippen molar-refractivity contribution in [3.05, 3.63) is 13.8 Å². The molecule has 2 amide bonds. The lowest BCUT2D eigenvalue weighted by Crippen LogP contribution is -2.44. The van der Waals surface area contributed by atoms with Gasteiger partial charge in [-0.05, 0) is 70.2 Å². The lowest BCUT2D eigenvalue weighted by molar-refractivity contribution is 0.0431. The standard InChI is InChI=1S/C15H20INO5S/c1-14(2,3)21-12(19)17(13(20)22-15(4,5)6)9-7-11(16)23-10(9)8-18/h7-8H,1-6H3. The fraction of sp³-hybridized carbons (Fsp3) is 0.533. The number of hydrogen-bond donors (Lipinski definition) is 0. The monoisotopic (exact) mass is 453 g/mol. The molecule has 0 N–H and O–H groups in total. The van der Waals surface area contributed by atoms with Crippen LogP contribution < -0.4 is 4.90 Å². The lowest BCUT2D eigenvalue weighted by atomic mass is 10.2. The number of carbonyl (C=O) groups is 3. The first-order chi connectivity index (χ1) is 10.3. The van der Waals surface area contributed by atoms with Gasteiger partial charge in [-0.2, -0.15) is 4.90 Å². The largest absolute Gasteiger partial charge is 0.443 e. The summed E-state index contributed by atoms with van der Waals surface area (Å²) in [6, 6.07) is 1.57. The van der Waals surface area contributed by atoms with Gasteiger partial charge in [-0.25, -0.2) is 9.59 Å². The van der Waals surface area contributed by atoms with Crippen molar-refractivity contribution in [3.8, 4) is 0 Å². The maximum atomic E-state index is 12.5. The third-order valence-corrected chi connectivity index (χ3v) is 4.02. The molecule has 0 radical (unpaired) electrons. The average Bonchev–Trinajstić information content (AvgIpc) is 2.65. The highest BCUT2D eigenvalue weighted by molar-refractivity contribution is 14.1. The summed E-state index contributed by atoms with van der Waals surface area (Å²) in [6.45, 7) is 10.1. The van der Waals surface area contributed by atoms with Crippen molar-refractivity contribution in [3.63, 3.8) is 0 Å². The highest BCUT2D eigenvalue weighted by Crippen LogP contribution is 2.32. The Morgan fingerprint density at radius 2 is 1.52 bits per heavy atom. The molecule has 0 spiro atoms. The first-order valence-electron chi connectivity index (χ1n) is 6.84. The van der Waals surface area contributed by atoms with Crippen LogP contribution in [0.25, 0.3) is 0 Å². The van der Waals surface area contributed by atoms with Crippen LogP contribution in [0, 0.1) is 2.88 Å². The minimum Gasteiger partial charge on any atom is -0.443 e. The van der Waals surface area contributed by atoms with Crippen LogP contribution >= 0.6 is 33.9 Å². The van der Waals surface area contributed by atoms with Gasteiger partial charge in [-0.1, -0.05) is 0 Å². The average molecular weight is 453 g/mol. The predicted octanol–water partition coefficient (Wildman–Crippen LogP) is 4.84. The maximum absolute atomic E-state index is 12.5. The topological polar surface area (TPSA) is 72.9 Å². The van der Waals surface area contributed by atoms with Crippen LogP contribution in [0.1, 0.15) is 51.2 Å². The SMILES string of the molecule is CC(C)(C)OC(=O)N(C(=O)OC(C)(C)C)c1cc(I)sc1C=O.